The molecule has 0 spiro atoms. The molecule has 5 N–H and O–H groups in total. The molecule has 0 aliphatic heterocycles. The number of thioether (sulfide) groups is 1. The molecule has 0 saturated heterocycles. The van der Waals surface area contributed by atoms with Crippen LogP contribution in [0.25, 0.3) is 0 Å². The average Bonchev–Trinajstić information content (AvgIpc) is 3.12. The molecule has 48 heavy (non-hydrogen) atoms. The molecule has 0 unspecified atom stereocenters. The summed E-state index contributed by atoms with van der Waals surface area (Å²) in [5.41, 5.74) is 3.64. The van der Waals surface area contributed by atoms with E-state index in [0.29, 0.717) is 0 Å². The molecule has 248 valence electrons. The number of carboxylic acid groups (broad SMARTS) is 1. The molecule has 11 nitrogen and oxygen atoms in total. The lowest BCUT2D eigenvalue weighted by atomic mass is 9.84. The number of alkyl carbamates (subject to hydrolysis) is 1. The maximum atomic E-state index is 13.6. The zero-order valence-electron chi connectivity index (χ0n) is 26.0. The van der Waals surface area contributed by atoms with Crippen molar-refractivity contribution in [3.05, 3.63) is 144 Å². The molecular weight excluding hydrogens is 632 g/mol. The summed E-state index contributed by atoms with van der Waals surface area (Å²) in [6.07, 6.45) is -0.816. The van der Waals surface area contributed by atoms with E-state index in [9.17, 15) is 24.0 Å². The van der Waals surface area contributed by atoms with Gasteiger partial charge in [-0.3, -0.25) is 19.2 Å². The van der Waals surface area contributed by atoms with Gasteiger partial charge in [-0.15, -0.1) is 11.8 Å². The molecule has 4 amide bonds. The van der Waals surface area contributed by atoms with Crippen molar-refractivity contribution in [1.29, 1.82) is 0 Å². The van der Waals surface area contributed by atoms with Crippen LogP contribution in [0.4, 0.5) is 4.79 Å². The van der Waals surface area contributed by atoms with Crippen LogP contribution in [-0.2, 0) is 35.3 Å². The Hall–Kier alpha value is -5.62. The monoisotopic (exact) mass is 668 g/mol. The Labute approximate surface area is 282 Å². The first-order valence-electron chi connectivity index (χ1n) is 15.1. The van der Waals surface area contributed by atoms with Crippen molar-refractivity contribution in [2.75, 3.05) is 25.4 Å². The van der Waals surface area contributed by atoms with Gasteiger partial charge in [0.2, 0.25) is 17.7 Å². The highest BCUT2D eigenvalue weighted by atomic mass is 32.2. The molecule has 4 aromatic carbocycles. The van der Waals surface area contributed by atoms with Gasteiger partial charge in [-0.05, 0) is 22.3 Å². The number of carboxylic acids is 1. The number of benzene rings is 4. The highest BCUT2D eigenvalue weighted by Crippen LogP contribution is 2.48. The molecule has 4 rings (SSSR count). The fourth-order valence-electron chi connectivity index (χ4n) is 4.84. The summed E-state index contributed by atoms with van der Waals surface area (Å²) < 4.78 is 4.63. The Bertz CT molecular complexity index is 1560. The van der Waals surface area contributed by atoms with E-state index in [1.807, 2.05) is 121 Å². The average molecular weight is 669 g/mol. The fourth-order valence-corrected chi connectivity index (χ4v) is 6.40. The van der Waals surface area contributed by atoms with Gasteiger partial charge in [0.25, 0.3) is 0 Å². The van der Waals surface area contributed by atoms with E-state index in [1.165, 1.54) is 11.8 Å². The Morgan fingerprint density at radius 3 is 1.54 bits per heavy atom. The quantitative estimate of drug-likeness (QED) is 0.113. The minimum Gasteiger partial charge on any atom is -0.480 e. The van der Waals surface area contributed by atoms with E-state index in [4.69, 9.17) is 9.84 Å². The van der Waals surface area contributed by atoms with Crippen LogP contribution >= 0.6 is 11.8 Å². The van der Waals surface area contributed by atoms with Gasteiger partial charge in [-0.25, -0.2) is 4.79 Å². The van der Waals surface area contributed by atoms with Crippen molar-refractivity contribution in [2.24, 2.45) is 0 Å². The minimum absolute atomic E-state index is 0.0114. The first kappa shape index (κ1) is 35.2. The van der Waals surface area contributed by atoms with E-state index in [-0.39, 0.29) is 12.4 Å². The zero-order valence-corrected chi connectivity index (χ0v) is 26.8. The molecule has 4 aromatic rings. The van der Waals surface area contributed by atoms with Crippen LogP contribution < -0.4 is 21.3 Å². The molecule has 0 heterocycles. The Morgan fingerprint density at radius 1 is 0.625 bits per heavy atom. The summed E-state index contributed by atoms with van der Waals surface area (Å²) in [6.45, 7) is -1.57. The number of rotatable bonds is 16. The van der Waals surface area contributed by atoms with E-state index in [0.717, 1.165) is 22.3 Å². The summed E-state index contributed by atoms with van der Waals surface area (Å²) in [4.78, 5) is 61.4. The zero-order chi connectivity index (χ0) is 34.2. The molecule has 0 bridgehead atoms. The Balaban J connectivity index is 1.56. The van der Waals surface area contributed by atoms with Gasteiger partial charge < -0.3 is 31.1 Å². The summed E-state index contributed by atoms with van der Waals surface area (Å²) in [7, 11) is 0. The first-order valence-corrected chi connectivity index (χ1v) is 16.1. The fraction of sp³-hybridized carbons (Fsp3) is 0.194. The van der Waals surface area contributed by atoms with Crippen molar-refractivity contribution in [3.8, 4) is 0 Å². The Kier molecular flexibility index (Phi) is 13.1. The molecule has 0 fully saturated rings. The third-order valence-electron chi connectivity index (χ3n) is 7.13. The van der Waals surface area contributed by atoms with Crippen LogP contribution in [0.2, 0.25) is 0 Å². The van der Waals surface area contributed by atoms with Crippen molar-refractivity contribution in [3.63, 3.8) is 0 Å². The lowest BCUT2D eigenvalue weighted by Gasteiger charge is -2.36. The Morgan fingerprint density at radius 2 is 1.06 bits per heavy atom. The molecule has 0 aliphatic carbocycles. The van der Waals surface area contributed by atoms with Crippen LogP contribution in [0.15, 0.2) is 121 Å². The standard InChI is InChI=1S/C36H36N4O7S/c41-31(38-23-33(43)44)21-37-32(42)22-39-34(45)30(40-35(46)47-24-26-13-5-1-6-14-26)25-48-36(27-15-7-2-8-16-27,28-17-9-3-10-18-28)29-19-11-4-12-20-29/h1-20,30H,21-25H2,(H,37,42)(H,38,41)(H,39,45)(H,40,46)(H,43,44)/t30-/m1/s1. The third-order valence-corrected chi connectivity index (χ3v) is 8.77. The molecule has 0 aromatic heterocycles. The number of aliphatic carboxylic acids is 1. The van der Waals surface area contributed by atoms with Gasteiger partial charge in [0.05, 0.1) is 17.8 Å². The van der Waals surface area contributed by atoms with Crippen molar-refractivity contribution in [2.45, 2.75) is 17.4 Å². The minimum atomic E-state index is -1.23. The first-order chi connectivity index (χ1) is 23.3. The van der Waals surface area contributed by atoms with E-state index in [2.05, 4.69) is 21.3 Å². The molecule has 12 heteroatoms. The second kappa shape index (κ2) is 17.9. The molecule has 1 atom stereocenters. The third kappa shape index (κ3) is 10.2. The van der Waals surface area contributed by atoms with Gasteiger partial charge in [-0.2, -0.15) is 0 Å². The number of nitrogens with one attached hydrogen (secondary N) is 4. The smallest absolute Gasteiger partial charge is 0.408 e. The van der Waals surface area contributed by atoms with Gasteiger partial charge in [0.15, 0.2) is 0 Å². The van der Waals surface area contributed by atoms with Crippen LogP contribution in [0.5, 0.6) is 0 Å². The highest BCUT2D eigenvalue weighted by Gasteiger charge is 2.38. The van der Waals surface area contributed by atoms with Crippen LogP contribution in [0, 0.1) is 0 Å². The maximum absolute atomic E-state index is 13.6. The molecular formula is C36H36N4O7S. The predicted octanol–water partition coefficient (Wildman–Crippen LogP) is 3.44. The number of hydrogen-bond donors (Lipinski definition) is 5. The maximum Gasteiger partial charge on any atom is 0.408 e. The second-order valence-electron chi connectivity index (χ2n) is 10.5. The van der Waals surface area contributed by atoms with E-state index >= 15 is 0 Å². The molecule has 0 radical (unpaired) electrons. The summed E-state index contributed by atoms with van der Waals surface area (Å²) >= 11 is 1.44. The van der Waals surface area contributed by atoms with Gasteiger partial charge in [0, 0.05) is 5.75 Å². The largest absolute Gasteiger partial charge is 0.480 e. The number of carbonyl (C=O) groups excluding carboxylic acids is 4. The van der Waals surface area contributed by atoms with Gasteiger partial charge in [-0.1, -0.05) is 121 Å². The number of amides is 4. The predicted molar refractivity (Wildman–Crippen MR) is 182 cm³/mol. The van der Waals surface area contributed by atoms with Gasteiger partial charge in [0.1, 0.15) is 19.2 Å². The van der Waals surface area contributed by atoms with Crippen molar-refractivity contribution in [1.82, 2.24) is 21.3 Å². The van der Waals surface area contributed by atoms with Crippen LogP contribution in [0.3, 0.4) is 0 Å². The topological polar surface area (TPSA) is 163 Å². The van der Waals surface area contributed by atoms with Crippen LogP contribution in [0.1, 0.15) is 22.3 Å². The SMILES string of the molecule is O=C(O)CNC(=O)CNC(=O)CNC(=O)[C@@H](CSC(c1ccccc1)(c1ccccc1)c1ccccc1)NC(=O)OCc1ccccc1. The molecule has 0 saturated carbocycles. The summed E-state index contributed by atoms with van der Waals surface area (Å²) in [6, 6.07) is 37.5. The summed E-state index contributed by atoms with van der Waals surface area (Å²) in [5, 5.41) is 18.3. The highest BCUT2D eigenvalue weighted by molar-refractivity contribution is 8.00. The number of hydrogen-bond acceptors (Lipinski definition) is 7. The summed E-state index contributed by atoms with van der Waals surface area (Å²) in [5.74, 6) is -3.18. The normalized spacial score (nSPS) is 11.4. The lowest BCUT2D eigenvalue weighted by molar-refractivity contribution is -0.137. The van der Waals surface area contributed by atoms with Gasteiger partial charge >= 0.3 is 12.1 Å². The van der Waals surface area contributed by atoms with E-state index in [1.54, 1.807) is 0 Å². The van der Waals surface area contributed by atoms with Crippen molar-refractivity contribution >= 4 is 41.5 Å². The van der Waals surface area contributed by atoms with E-state index < -0.39 is 60.2 Å². The number of carbonyl (C=O) groups is 5. The van der Waals surface area contributed by atoms with Crippen molar-refractivity contribution < 1.29 is 33.8 Å². The lowest BCUT2D eigenvalue weighted by Crippen LogP contribution is -2.51. The number of ether oxygens (including phenoxy) is 1. The van der Waals surface area contributed by atoms with Crippen LogP contribution in [-0.4, -0.2) is 66.3 Å². The second-order valence-corrected chi connectivity index (χ2v) is 11.7. The molecule has 0 aliphatic rings.